The summed E-state index contributed by atoms with van der Waals surface area (Å²) < 4.78 is 25.3. The minimum Gasteiger partial charge on any atom is -0.506 e. The Labute approximate surface area is 240 Å². The first kappa shape index (κ1) is 30.2. The highest BCUT2D eigenvalue weighted by molar-refractivity contribution is 7.92. The van der Waals surface area contributed by atoms with E-state index in [9.17, 15) is 23.4 Å². The summed E-state index contributed by atoms with van der Waals surface area (Å²) >= 11 is 0. The van der Waals surface area contributed by atoms with Crippen molar-refractivity contribution in [1.29, 1.82) is 0 Å². The molecule has 1 aliphatic heterocycles. The van der Waals surface area contributed by atoms with Gasteiger partial charge in [0.1, 0.15) is 5.75 Å². The van der Waals surface area contributed by atoms with E-state index in [1.54, 1.807) is 11.0 Å². The topological polar surface area (TPSA) is 177 Å². The lowest BCUT2D eigenvalue weighted by atomic mass is 10.0. The van der Waals surface area contributed by atoms with Gasteiger partial charge in [-0.05, 0) is 71.7 Å². The molecule has 0 spiro atoms. The number of amides is 1. The van der Waals surface area contributed by atoms with Crippen LogP contribution in [0.3, 0.4) is 0 Å². The molecule has 3 aromatic rings. The number of nitrogens with one attached hydrogen (secondary N) is 3. The number of aromatic amines is 1. The molecular weight excluding hydrogens is 548 g/mol. The van der Waals surface area contributed by atoms with Crippen molar-refractivity contribution < 1.29 is 23.4 Å². The summed E-state index contributed by atoms with van der Waals surface area (Å²) in [6, 6.07) is 12.3. The van der Waals surface area contributed by atoms with Crippen LogP contribution in [0, 0.1) is 0 Å². The number of phenolic OH excluding ortho intramolecular Hbond substituents is 1. The van der Waals surface area contributed by atoms with Crippen LogP contribution in [0.15, 0.2) is 42.5 Å². The van der Waals surface area contributed by atoms with Gasteiger partial charge in [-0.25, -0.2) is 13.5 Å². The Kier molecular flexibility index (Phi) is 10.1. The van der Waals surface area contributed by atoms with Gasteiger partial charge in [0.25, 0.3) is 5.91 Å². The van der Waals surface area contributed by atoms with Gasteiger partial charge >= 0.3 is 0 Å². The summed E-state index contributed by atoms with van der Waals surface area (Å²) in [6.45, 7) is 4.98. The van der Waals surface area contributed by atoms with Crippen LogP contribution in [0.25, 0.3) is 0 Å². The fourth-order valence-corrected chi connectivity index (χ4v) is 5.37. The van der Waals surface area contributed by atoms with Gasteiger partial charge in [0.2, 0.25) is 10.0 Å². The summed E-state index contributed by atoms with van der Waals surface area (Å²) in [4.78, 5) is 17.2. The number of carbonyl (C=O) groups excluding carboxylic acids is 1. The first-order valence-corrected chi connectivity index (χ1v) is 15.6. The summed E-state index contributed by atoms with van der Waals surface area (Å²) in [5.41, 5.74) is 2.20. The molecular formula is C27H38N8O5S. The van der Waals surface area contributed by atoms with Crippen molar-refractivity contribution in [2.75, 3.05) is 42.1 Å². The molecule has 0 unspecified atom stereocenters. The van der Waals surface area contributed by atoms with Crippen molar-refractivity contribution >= 4 is 27.3 Å². The Morgan fingerprint density at radius 1 is 1.20 bits per heavy atom. The first-order valence-electron chi connectivity index (χ1n) is 13.7. The highest BCUT2D eigenvalue weighted by Gasteiger charge is 2.22. The number of rotatable bonds is 13. The third-order valence-electron chi connectivity index (χ3n) is 7.07. The van der Waals surface area contributed by atoms with E-state index in [1.165, 1.54) is 12.1 Å². The number of anilines is 2. The quantitative estimate of drug-likeness (QED) is 0.186. The van der Waals surface area contributed by atoms with E-state index in [-0.39, 0.29) is 23.4 Å². The maximum Gasteiger partial charge on any atom is 0.254 e. The number of aliphatic hydroxyl groups is 1. The molecule has 5 N–H and O–H groups in total. The number of hydrogen-bond acceptors (Lipinski definition) is 10. The Balaban J connectivity index is 1.27. The van der Waals surface area contributed by atoms with E-state index in [0.717, 1.165) is 50.7 Å². The molecule has 0 aliphatic carbocycles. The van der Waals surface area contributed by atoms with Crippen molar-refractivity contribution in [3.05, 3.63) is 59.4 Å². The maximum absolute atomic E-state index is 13.2. The Morgan fingerprint density at radius 3 is 2.56 bits per heavy atom. The Morgan fingerprint density at radius 2 is 1.93 bits per heavy atom. The second-order valence-electron chi connectivity index (χ2n) is 10.3. The van der Waals surface area contributed by atoms with Crippen molar-refractivity contribution in [2.45, 2.75) is 51.3 Å². The van der Waals surface area contributed by atoms with E-state index < -0.39 is 16.1 Å². The summed E-state index contributed by atoms with van der Waals surface area (Å²) in [5, 5.41) is 37.8. The number of nitrogens with zero attached hydrogens (tertiary/aromatic N) is 5. The first-order chi connectivity index (χ1) is 19.6. The third kappa shape index (κ3) is 8.62. The molecule has 2 heterocycles. The summed E-state index contributed by atoms with van der Waals surface area (Å²) in [7, 11) is -3.56. The monoisotopic (exact) mass is 586 g/mol. The number of piperidine rings is 1. The van der Waals surface area contributed by atoms with Crippen LogP contribution in [0.5, 0.6) is 5.75 Å². The number of sulfonamides is 1. The van der Waals surface area contributed by atoms with Gasteiger partial charge in [-0.2, -0.15) is 0 Å². The van der Waals surface area contributed by atoms with Crippen LogP contribution < -0.4 is 14.9 Å². The van der Waals surface area contributed by atoms with Crippen molar-refractivity contribution in [3.8, 4) is 5.75 Å². The minimum absolute atomic E-state index is 0.0332. The SMILES string of the molecule is CCCCN(Cc1nnn[nH]1)C(=O)c1ccc(N2CCC(NC[C@H](O)c3ccc(O)c(NS(C)(=O)=O)c3)CC2)cc1. The van der Waals surface area contributed by atoms with Gasteiger partial charge in [0, 0.05) is 43.5 Å². The molecule has 222 valence electrons. The predicted octanol–water partition coefficient (Wildman–Crippen LogP) is 2.01. The van der Waals surface area contributed by atoms with Crippen molar-refractivity contribution in [2.24, 2.45) is 0 Å². The van der Waals surface area contributed by atoms with E-state index in [1.807, 2.05) is 24.3 Å². The minimum atomic E-state index is -3.56. The third-order valence-corrected chi connectivity index (χ3v) is 7.66. The molecule has 13 nitrogen and oxygen atoms in total. The molecule has 14 heteroatoms. The summed E-state index contributed by atoms with van der Waals surface area (Å²) in [6.07, 6.45) is 3.75. The van der Waals surface area contributed by atoms with E-state index in [4.69, 9.17) is 0 Å². The van der Waals surface area contributed by atoms with Gasteiger partial charge < -0.3 is 25.3 Å². The molecule has 4 rings (SSSR count). The molecule has 0 bridgehead atoms. The highest BCUT2D eigenvalue weighted by Crippen LogP contribution is 2.28. The van der Waals surface area contributed by atoms with Crippen LogP contribution in [-0.4, -0.2) is 88.5 Å². The number of aliphatic hydroxyl groups excluding tert-OH is 1. The highest BCUT2D eigenvalue weighted by atomic mass is 32.2. The number of aromatic hydroxyl groups is 1. The van der Waals surface area contributed by atoms with Gasteiger partial charge in [-0.3, -0.25) is 9.52 Å². The van der Waals surface area contributed by atoms with Crippen LogP contribution in [0.4, 0.5) is 11.4 Å². The molecule has 2 aromatic carbocycles. The fourth-order valence-electron chi connectivity index (χ4n) is 4.81. The number of aromatic nitrogens is 4. The number of phenols is 1. The number of unbranched alkanes of at least 4 members (excludes halogenated alkanes) is 1. The number of carbonyl (C=O) groups is 1. The normalized spacial score (nSPS) is 15.0. The molecule has 0 saturated carbocycles. The standard InChI is InChI=1S/C27H38N8O5S/c1-3-4-13-35(18-26-29-32-33-30-26)27(38)19-5-8-22(9-6-19)34-14-11-21(12-15-34)28-17-25(37)20-7-10-24(36)23(16-20)31-41(2,39)40/h5-10,16,21,25,28,31,36-37H,3-4,11-15,17-18H2,1-2H3,(H,29,30,32,33)/t25-/m0/s1. The van der Waals surface area contributed by atoms with Crippen molar-refractivity contribution in [3.63, 3.8) is 0 Å². The molecule has 1 aliphatic rings. The van der Waals surface area contributed by atoms with Crippen molar-refractivity contribution in [1.82, 2.24) is 30.8 Å². The average molecular weight is 587 g/mol. The molecule has 1 fully saturated rings. The smallest absolute Gasteiger partial charge is 0.254 e. The average Bonchev–Trinajstić information content (AvgIpc) is 3.48. The fraction of sp³-hybridized carbons (Fsp3) is 0.481. The Bertz CT molecular complexity index is 1380. The lowest BCUT2D eigenvalue weighted by Crippen LogP contribution is -2.43. The molecule has 0 radical (unpaired) electrons. The van der Waals surface area contributed by atoms with E-state index in [0.29, 0.717) is 36.6 Å². The number of benzene rings is 2. The van der Waals surface area contributed by atoms with Crippen LogP contribution in [0.2, 0.25) is 0 Å². The zero-order valence-corrected chi connectivity index (χ0v) is 24.1. The molecule has 1 saturated heterocycles. The Hall–Kier alpha value is -3.75. The molecule has 1 aromatic heterocycles. The predicted molar refractivity (Wildman–Crippen MR) is 155 cm³/mol. The summed E-state index contributed by atoms with van der Waals surface area (Å²) in [5.74, 6) is 0.282. The second-order valence-corrected chi connectivity index (χ2v) is 12.1. The largest absolute Gasteiger partial charge is 0.506 e. The van der Waals surface area contributed by atoms with E-state index in [2.05, 4.69) is 42.5 Å². The maximum atomic E-state index is 13.2. The lowest BCUT2D eigenvalue weighted by Gasteiger charge is -2.34. The van der Waals surface area contributed by atoms with Crippen LogP contribution in [0.1, 0.15) is 60.5 Å². The number of hydrogen-bond donors (Lipinski definition) is 5. The van der Waals surface area contributed by atoms with Crippen LogP contribution >= 0.6 is 0 Å². The van der Waals surface area contributed by atoms with E-state index >= 15 is 0 Å². The van der Waals surface area contributed by atoms with Gasteiger partial charge in [0.05, 0.1) is 24.6 Å². The second kappa shape index (κ2) is 13.7. The molecule has 1 atom stereocenters. The zero-order chi connectivity index (χ0) is 29.4. The number of tetrazole rings is 1. The zero-order valence-electron chi connectivity index (χ0n) is 23.3. The lowest BCUT2D eigenvalue weighted by molar-refractivity contribution is 0.0736. The van der Waals surface area contributed by atoms with Gasteiger partial charge in [-0.15, -0.1) is 5.10 Å². The number of H-pyrrole nitrogens is 1. The van der Waals surface area contributed by atoms with Gasteiger partial charge in [0.15, 0.2) is 5.82 Å². The van der Waals surface area contributed by atoms with Gasteiger partial charge in [-0.1, -0.05) is 19.4 Å². The van der Waals surface area contributed by atoms with Crippen LogP contribution in [-0.2, 0) is 16.6 Å². The molecule has 41 heavy (non-hydrogen) atoms. The molecule has 1 amide bonds.